The van der Waals surface area contributed by atoms with E-state index in [1.165, 1.54) is 12.1 Å². The molecule has 0 fully saturated rings. The van der Waals surface area contributed by atoms with Crippen LogP contribution in [0.15, 0.2) is 12.1 Å². The van der Waals surface area contributed by atoms with Gasteiger partial charge < -0.3 is 15.3 Å². The molecular weight excluding hydrogens is 272 g/mol. The van der Waals surface area contributed by atoms with Gasteiger partial charge in [0.2, 0.25) is 0 Å². The van der Waals surface area contributed by atoms with Crippen molar-refractivity contribution >= 4 is 33.2 Å². The molecule has 14 heavy (non-hydrogen) atoms. The van der Waals surface area contributed by atoms with Gasteiger partial charge in [-0.1, -0.05) is 15.9 Å². The average molecular weight is 281 g/mol. The number of hydrogen-bond acceptors (Lipinski definition) is 4. The fourth-order valence-electron chi connectivity index (χ4n) is 0.901. The Hall–Kier alpha value is -0.430. The lowest BCUT2D eigenvalue weighted by Crippen LogP contribution is -2.18. The quantitative estimate of drug-likeness (QED) is 0.725. The number of carboxylic acids is 1. The maximum absolute atomic E-state index is 10.5. The molecule has 0 amide bonds. The third-order valence-corrected chi connectivity index (χ3v) is 3.46. The van der Waals surface area contributed by atoms with Crippen molar-refractivity contribution in [3.05, 3.63) is 21.9 Å². The summed E-state index contributed by atoms with van der Waals surface area (Å²) in [6.07, 6.45) is -1.96. The molecule has 3 N–H and O–H groups in total. The lowest BCUT2D eigenvalue weighted by atomic mass is 10.2. The zero-order valence-electron chi connectivity index (χ0n) is 7.05. The first kappa shape index (κ1) is 11.6. The lowest BCUT2D eigenvalue weighted by Gasteiger charge is -2.12. The van der Waals surface area contributed by atoms with Gasteiger partial charge in [-0.05, 0) is 12.1 Å². The predicted molar refractivity (Wildman–Crippen MR) is 56.0 cm³/mol. The van der Waals surface area contributed by atoms with Crippen LogP contribution in [0.3, 0.4) is 0 Å². The summed E-state index contributed by atoms with van der Waals surface area (Å²) < 4.78 is 0. The van der Waals surface area contributed by atoms with Crippen LogP contribution in [0.1, 0.15) is 20.7 Å². The molecular formula is C8H9BrO4S. The normalized spacial score (nSPS) is 15.1. The minimum atomic E-state index is -1.03. The van der Waals surface area contributed by atoms with Crippen molar-refractivity contribution in [3.63, 3.8) is 0 Å². The van der Waals surface area contributed by atoms with E-state index in [0.717, 1.165) is 11.3 Å². The summed E-state index contributed by atoms with van der Waals surface area (Å²) in [4.78, 5) is 11.1. The van der Waals surface area contributed by atoms with E-state index in [4.69, 9.17) is 5.11 Å². The largest absolute Gasteiger partial charge is 0.477 e. The minimum Gasteiger partial charge on any atom is -0.477 e. The summed E-state index contributed by atoms with van der Waals surface area (Å²) in [6, 6.07) is 2.91. The van der Waals surface area contributed by atoms with Gasteiger partial charge in [-0.25, -0.2) is 4.79 Å². The van der Waals surface area contributed by atoms with Crippen molar-refractivity contribution in [2.24, 2.45) is 0 Å². The summed E-state index contributed by atoms with van der Waals surface area (Å²) in [5, 5.41) is 27.7. The molecule has 1 heterocycles. The summed E-state index contributed by atoms with van der Waals surface area (Å²) in [5.41, 5.74) is 0. The molecule has 78 valence electrons. The minimum absolute atomic E-state index is 0.154. The molecule has 1 rings (SSSR count). The summed E-state index contributed by atoms with van der Waals surface area (Å²) in [6.45, 7) is 0. The highest BCUT2D eigenvalue weighted by atomic mass is 79.9. The second-order valence-electron chi connectivity index (χ2n) is 2.67. The number of carboxylic acid groups (broad SMARTS) is 1. The van der Waals surface area contributed by atoms with E-state index in [9.17, 15) is 15.0 Å². The van der Waals surface area contributed by atoms with Gasteiger partial charge in [-0.2, -0.15) is 0 Å². The fourth-order valence-corrected chi connectivity index (χ4v) is 2.15. The summed E-state index contributed by atoms with van der Waals surface area (Å²) in [5.74, 6) is -1.03. The van der Waals surface area contributed by atoms with Crippen molar-refractivity contribution < 1.29 is 20.1 Å². The molecule has 4 nitrogen and oxygen atoms in total. The molecule has 0 aliphatic heterocycles. The highest BCUT2D eigenvalue weighted by Gasteiger charge is 2.20. The standard InChI is InChI=1S/C8H9BrO4S/c9-3-4(10)7(11)5-1-2-6(14-5)8(12)13/h1-2,4,7,10-11H,3H2,(H,12,13). The van der Waals surface area contributed by atoms with Gasteiger partial charge in [0.05, 0.1) is 6.10 Å². The van der Waals surface area contributed by atoms with E-state index >= 15 is 0 Å². The second kappa shape index (κ2) is 4.88. The van der Waals surface area contributed by atoms with Crippen molar-refractivity contribution in [2.75, 3.05) is 5.33 Å². The molecule has 0 aromatic carbocycles. The van der Waals surface area contributed by atoms with E-state index in [0.29, 0.717) is 4.88 Å². The fraction of sp³-hybridized carbons (Fsp3) is 0.375. The van der Waals surface area contributed by atoms with Crippen LogP contribution in [0.25, 0.3) is 0 Å². The smallest absolute Gasteiger partial charge is 0.345 e. The second-order valence-corrected chi connectivity index (χ2v) is 4.44. The molecule has 2 atom stereocenters. The Morgan fingerprint density at radius 1 is 1.50 bits per heavy atom. The molecule has 1 aromatic rings. The topological polar surface area (TPSA) is 77.8 Å². The Balaban J connectivity index is 2.81. The summed E-state index contributed by atoms with van der Waals surface area (Å²) >= 11 is 3.99. The maximum atomic E-state index is 10.5. The van der Waals surface area contributed by atoms with Gasteiger partial charge in [0.15, 0.2) is 0 Å². The van der Waals surface area contributed by atoms with Crippen LogP contribution in [0.4, 0.5) is 0 Å². The van der Waals surface area contributed by atoms with Gasteiger partial charge in [0.25, 0.3) is 0 Å². The maximum Gasteiger partial charge on any atom is 0.345 e. The van der Waals surface area contributed by atoms with Gasteiger partial charge in [0, 0.05) is 10.2 Å². The van der Waals surface area contributed by atoms with Crippen molar-refractivity contribution in [2.45, 2.75) is 12.2 Å². The van der Waals surface area contributed by atoms with Crippen LogP contribution >= 0.6 is 27.3 Å². The van der Waals surface area contributed by atoms with Crippen molar-refractivity contribution in [1.29, 1.82) is 0 Å². The SMILES string of the molecule is O=C(O)c1ccc(C(O)C(O)CBr)s1. The first-order valence-electron chi connectivity index (χ1n) is 3.81. The number of halogens is 1. The Labute approximate surface area is 92.9 Å². The number of alkyl halides is 1. The van der Waals surface area contributed by atoms with Gasteiger partial charge in [0.1, 0.15) is 11.0 Å². The molecule has 0 radical (unpaired) electrons. The number of aliphatic hydroxyl groups is 2. The molecule has 0 bridgehead atoms. The van der Waals surface area contributed by atoms with Crippen LogP contribution in [0, 0.1) is 0 Å². The number of aliphatic hydroxyl groups excluding tert-OH is 2. The van der Waals surface area contributed by atoms with Crippen LogP contribution < -0.4 is 0 Å². The number of carbonyl (C=O) groups is 1. The number of hydrogen-bond donors (Lipinski definition) is 3. The molecule has 6 heteroatoms. The lowest BCUT2D eigenvalue weighted by molar-refractivity contribution is 0.0366. The van der Waals surface area contributed by atoms with E-state index in [1.54, 1.807) is 0 Å². The Morgan fingerprint density at radius 2 is 2.14 bits per heavy atom. The Morgan fingerprint density at radius 3 is 2.57 bits per heavy atom. The highest BCUT2D eigenvalue weighted by molar-refractivity contribution is 9.09. The van der Waals surface area contributed by atoms with Crippen LogP contribution in [0.5, 0.6) is 0 Å². The van der Waals surface area contributed by atoms with Crippen molar-refractivity contribution in [1.82, 2.24) is 0 Å². The number of rotatable bonds is 4. The Kier molecular flexibility index (Phi) is 4.06. The molecule has 1 aromatic heterocycles. The molecule has 0 spiro atoms. The predicted octanol–water partition coefficient (Wildman–Crippen LogP) is 1.24. The third-order valence-electron chi connectivity index (χ3n) is 1.65. The molecule has 0 saturated carbocycles. The third kappa shape index (κ3) is 2.54. The summed E-state index contributed by atoms with van der Waals surface area (Å²) in [7, 11) is 0. The van der Waals surface area contributed by atoms with E-state index in [2.05, 4.69) is 15.9 Å². The molecule has 0 aliphatic carbocycles. The molecule has 0 aliphatic rings. The van der Waals surface area contributed by atoms with E-state index in [1.807, 2.05) is 0 Å². The van der Waals surface area contributed by atoms with E-state index < -0.39 is 18.2 Å². The van der Waals surface area contributed by atoms with E-state index in [-0.39, 0.29) is 10.2 Å². The van der Waals surface area contributed by atoms with Crippen LogP contribution in [-0.4, -0.2) is 32.7 Å². The van der Waals surface area contributed by atoms with Crippen molar-refractivity contribution in [3.8, 4) is 0 Å². The zero-order valence-corrected chi connectivity index (χ0v) is 9.46. The monoisotopic (exact) mass is 280 g/mol. The Bertz CT molecular complexity index is 325. The first-order chi connectivity index (χ1) is 6.56. The molecule has 2 unspecified atom stereocenters. The average Bonchev–Trinajstić information content (AvgIpc) is 2.64. The van der Waals surface area contributed by atoms with Crippen LogP contribution in [-0.2, 0) is 0 Å². The number of aromatic carboxylic acids is 1. The zero-order chi connectivity index (χ0) is 10.7. The van der Waals surface area contributed by atoms with Gasteiger partial charge in [-0.3, -0.25) is 0 Å². The molecule has 0 saturated heterocycles. The van der Waals surface area contributed by atoms with Gasteiger partial charge >= 0.3 is 5.97 Å². The van der Waals surface area contributed by atoms with Gasteiger partial charge in [-0.15, -0.1) is 11.3 Å². The first-order valence-corrected chi connectivity index (χ1v) is 5.75. The van der Waals surface area contributed by atoms with Crippen LogP contribution in [0.2, 0.25) is 0 Å². The number of thiophene rings is 1. The highest BCUT2D eigenvalue weighted by Crippen LogP contribution is 2.26.